The van der Waals surface area contributed by atoms with Crippen molar-refractivity contribution in [3.63, 3.8) is 0 Å². The minimum Gasteiger partial charge on any atom is -0.496 e. The van der Waals surface area contributed by atoms with Gasteiger partial charge in [-0.1, -0.05) is 43.7 Å². The molecule has 3 aromatic carbocycles. The van der Waals surface area contributed by atoms with Crippen LogP contribution in [0, 0.1) is 13.8 Å². The number of hydrogen-bond acceptors (Lipinski definition) is 5. The minimum absolute atomic E-state index is 0.272. The van der Waals surface area contributed by atoms with Gasteiger partial charge < -0.3 is 13.7 Å². The number of hydrogen-bond donors (Lipinski definition) is 0. The Labute approximate surface area is 238 Å². The molecule has 0 radical (unpaired) electrons. The molecule has 7 heteroatoms. The molecule has 0 saturated heterocycles. The fraction of sp³-hybridized carbons (Fsp3) is 0.206. The number of unbranched alkanes of at least 4 members (excludes halogenated alkanes) is 1. The standard InChI is InChI=1S/C34H32N4O3/c1-5-6-10-24-15-17-26(18-16-24)37-22(2)19-25(23(37)3)21-35-38-33(36-29-12-8-7-11-27(29)34(38)39)32-20-28-30(40-4)13-9-14-31(28)41-32/h7-9,11-21H,5-6,10H2,1-4H3. The van der Waals surface area contributed by atoms with Gasteiger partial charge in [0.2, 0.25) is 5.82 Å². The van der Waals surface area contributed by atoms with E-state index in [4.69, 9.17) is 14.1 Å². The molecule has 0 fully saturated rings. The van der Waals surface area contributed by atoms with Crippen molar-refractivity contribution in [2.75, 3.05) is 7.11 Å². The second-order valence-corrected chi connectivity index (χ2v) is 10.2. The van der Waals surface area contributed by atoms with Crippen LogP contribution in [0.25, 0.3) is 39.1 Å². The van der Waals surface area contributed by atoms with Gasteiger partial charge in [-0.2, -0.15) is 9.78 Å². The molecular weight excluding hydrogens is 512 g/mol. The number of benzene rings is 3. The van der Waals surface area contributed by atoms with Gasteiger partial charge in [-0.3, -0.25) is 4.79 Å². The third-order valence-electron chi connectivity index (χ3n) is 7.51. The van der Waals surface area contributed by atoms with E-state index < -0.39 is 0 Å². The molecule has 206 valence electrons. The van der Waals surface area contributed by atoms with E-state index in [-0.39, 0.29) is 5.56 Å². The van der Waals surface area contributed by atoms with Gasteiger partial charge in [0.15, 0.2) is 5.76 Å². The summed E-state index contributed by atoms with van der Waals surface area (Å²) in [5.41, 5.74) is 6.41. The molecule has 6 aromatic rings. The largest absolute Gasteiger partial charge is 0.496 e. The lowest BCUT2D eigenvalue weighted by Gasteiger charge is -2.11. The fourth-order valence-electron chi connectivity index (χ4n) is 5.34. The predicted octanol–water partition coefficient (Wildman–Crippen LogP) is 7.45. The lowest BCUT2D eigenvalue weighted by molar-refractivity contribution is 0.419. The van der Waals surface area contributed by atoms with Gasteiger partial charge in [-0.05, 0) is 80.8 Å². The average molecular weight is 545 g/mol. The highest BCUT2D eigenvalue weighted by atomic mass is 16.5. The van der Waals surface area contributed by atoms with Crippen LogP contribution < -0.4 is 10.3 Å². The number of fused-ring (bicyclic) bond motifs is 2. The molecule has 0 aliphatic carbocycles. The Bertz CT molecular complexity index is 1960. The number of furan rings is 1. The quantitative estimate of drug-likeness (QED) is 0.187. The van der Waals surface area contributed by atoms with Crippen molar-refractivity contribution >= 4 is 28.1 Å². The molecule has 0 N–H and O–H groups in total. The smallest absolute Gasteiger partial charge is 0.282 e. The maximum Gasteiger partial charge on any atom is 0.282 e. The van der Waals surface area contributed by atoms with Crippen LogP contribution in [0.5, 0.6) is 5.75 Å². The first-order valence-corrected chi connectivity index (χ1v) is 13.9. The van der Waals surface area contributed by atoms with Crippen LogP contribution in [-0.4, -0.2) is 27.6 Å². The number of aromatic nitrogens is 3. The Morgan fingerprint density at radius 3 is 2.56 bits per heavy atom. The number of ether oxygens (including phenoxy) is 1. The zero-order valence-electron chi connectivity index (χ0n) is 23.7. The van der Waals surface area contributed by atoms with Crippen molar-refractivity contribution in [2.24, 2.45) is 5.10 Å². The van der Waals surface area contributed by atoms with E-state index in [2.05, 4.69) is 60.8 Å². The van der Waals surface area contributed by atoms with E-state index in [9.17, 15) is 4.79 Å². The predicted molar refractivity (Wildman–Crippen MR) is 165 cm³/mol. The average Bonchev–Trinajstić information content (AvgIpc) is 3.55. The van der Waals surface area contributed by atoms with E-state index >= 15 is 0 Å². The third kappa shape index (κ3) is 4.84. The van der Waals surface area contributed by atoms with Crippen molar-refractivity contribution in [3.8, 4) is 23.0 Å². The van der Waals surface area contributed by atoms with Gasteiger partial charge in [0.05, 0.1) is 29.6 Å². The first-order chi connectivity index (χ1) is 20.0. The molecule has 6 rings (SSSR count). The van der Waals surface area contributed by atoms with Gasteiger partial charge in [0.25, 0.3) is 5.56 Å². The van der Waals surface area contributed by atoms with Crippen LogP contribution in [0.4, 0.5) is 0 Å². The maximum absolute atomic E-state index is 13.7. The molecule has 0 bridgehead atoms. The zero-order valence-corrected chi connectivity index (χ0v) is 23.7. The first-order valence-electron chi connectivity index (χ1n) is 13.9. The van der Waals surface area contributed by atoms with E-state index in [1.807, 2.05) is 42.5 Å². The summed E-state index contributed by atoms with van der Waals surface area (Å²) in [5, 5.41) is 5.96. The molecule has 0 amide bonds. The molecule has 3 heterocycles. The highest BCUT2D eigenvalue weighted by Gasteiger charge is 2.18. The second kappa shape index (κ2) is 10.9. The molecule has 0 unspecified atom stereocenters. The van der Waals surface area contributed by atoms with Gasteiger partial charge >= 0.3 is 0 Å². The van der Waals surface area contributed by atoms with Crippen LogP contribution in [-0.2, 0) is 6.42 Å². The summed E-state index contributed by atoms with van der Waals surface area (Å²) in [6.07, 6.45) is 5.18. The van der Waals surface area contributed by atoms with Gasteiger partial charge in [-0.25, -0.2) is 4.98 Å². The van der Waals surface area contributed by atoms with Crippen molar-refractivity contribution in [2.45, 2.75) is 40.0 Å². The number of nitrogens with zero attached hydrogens (tertiary/aromatic N) is 4. The lowest BCUT2D eigenvalue weighted by atomic mass is 10.1. The van der Waals surface area contributed by atoms with E-state index in [0.717, 1.165) is 34.4 Å². The number of aryl methyl sites for hydroxylation is 2. The number of methoxy groups -OCH3 is 1. The Morgan fingerprint density at radius 1 is 0.976 bits per heavy atom. The summed E-state index contributed by atoms with van der Waals surface area (Å²) < 4.78 is 15.2. The Balaban J connectivity index is 1.44. The first kappa shape index (κ1) is 26.3. The summed E-state index contributed by atoms with van der Waals surface area (Å²) in [5.74, 6) is 1.43. The Kier molecular flexibility index (Phi) is 7.01. The monoisotopic (exact) mass is 544 g/mol. The molecule has 7 nitrogen and oxygen atoms in total. The van der Waals surface area contributed by atoms with Gasteiger partial charge in [0.1, 0.15) is 11.3 Å². The topological polar surface area (TPSA) is 74.6 Å². The fourth-order valence-corrected chi connectivity index (χ4v) is 5.34. The molecular formula is C34H32N4O3. The molecule has 3 aromatic heterocycles. The van der Waals surface area contributed by atoms with E-state index in [1.54, 1.807) is 19.4 Å². The zero-order chi connectivity index (χ0) is 28.5. The molecule has 41 heavy (non-hydrogen) atoms. The van der Waals surface area contributed by atoms with Crippen LogP contribution >= 0.6 is 0 Å². The number of para-hydroxylation sites is 1. The second-order valence-electron chi connectivity index (χ2n) is 10.2. The third-order valence-corrected chi connectivity index (χ3v) is 7.51. The molecule has 0 spiro atoms. The highest BCUT2D eigenvalue weighted by molar-refractivity contribution is 5.89. The van der Waals surface area contributed by atoms with Crippen LogP contribution in [0.1, 0.15) is 42.3 Å². The summed E-state index contributed by atoms with van der Waals surface area (Å²) in [6.45, 7) is 6.35. The molecule has 0 atom stereocenters. The summed E-state index contributed by atoms with van der Waals surface area (Å²) in [7, 11) is 1.62. The normalized spacial score (nSPS) is 11.7. The SMILES string of the molecule is CCCCc1ccc(-n2c(C)cc(C=Nn3c(-c4cc5c(OC)cccc5o4)nc4ccccc4c3=O)c2C)cc1. The molecule has 0 aliphatic heterocycles. The van der Waals surface area contributed by atoms with Crippen molar-refractivity contribution < 1.29 is 9.15 Å². The van der Waals surface area contributed by atoms with Crippen molar-refractivity contribution in [1.82, 2.24) is 14.2 Å². The van der Waals surface area contributed by atoms with E-state index in [0.29, 0.717) is 33.8 Å². The molecule has 0 aliphatic rings. The summed E-state index contributed by atoms with van der Waals surface area (Å²) in [4.78, 5) is 18.5. The summed E-state index contributed by atoms with van der Waals surface area (Å²) in [6, 6.07) is 25.5. The lowest BCUT2D eigenvalue weighted by Crippen LogP contribution is -2.20. The van der Waals surface area contributed by atoms with Crippen LogP contribution in [0.15, 0.2) is 93.2 Å². The Hall–Kier alpha value is -4.91. The van der Waals surface area contributed by atoms with Crippen molar-refractivity contribution in [3.05, 3.63) is 112 Å². The van der Waals surface area contributed by atoms with E-state index in [1.165, 1.54) is 23.1 Å². The van der Waals surface area contributed by atoms with Gasteiger partial charge in [0, 0.05) is 22.6 Å². The number of rotatable bonds is 8. The van der Waals surface area contributed by atoms with Crippen LogP contribution in [0.3, 0.4) is 0 Å². The maximum atomic E-state index is 13.7. The van der Waals surface area contributed by atoms with Crippen molar-refractivity contribution in [1.29, 1.82) is 0 Å². The molecule has 0 saturated carbocycles. The minimum atomic E-state index is -0.272. The Morgan fingerprint density at radius 2 is 1.78 bits per heavy atom. The highest BCUT2D eigenvalue weighted by Crippen LogP contribution is 2.33. The summed E-state index contributed by atoms with van der Waals surface area (Å²) >= 11 is 0. The van der Waals surface area contributed by atoms with Crippen LogP contribution in [0.2, 0.25) is 0 Å². The van der Waals surface area contributed by atoms with Gasteiger partial charge in [-0.15, -0.1) is 0 Å².